The van der Waals surface area contributed by atoms with E-state index in [1.165, 1.54) is 0 Å². The normalized spacial score (nSPS) is 11.0. The van der Waals surface area contributed by atoms with Crippen LogP contribution in [0.15, 0.2) is 54.6 Å². The van der Waals surface area contributed by atoms with Gasteiger partial charge in [-0.3, -0.25) is 4.79 Å². The van der Waals surface area contributed by atoms with E-state index in [9.17, 15) is 4.79 Å². The highest BCUT2D eigenvalue weighted by atomic mass is 35.5. The lowest BCUT2D eigenvalue weighted by Gasteiger charge is -2.19. The number of aromatic nitrogens is 2. The summed E-state index contributed by atoms with van der Waals surface area (Å²) in [5, 5.41) is 5.27. The van der Waals surface area contributed by atoms with E-state index in [0.29, 0.717) is 22.8 Å². The average Bonchev–Trinajstić information content (AvgIpc) is 2.99. The van der Waals surface area contributed by atoms with Crippen molar-refractivity contribution >= 4 is 17.5 Å². The third-order valence-electron chi connectivity index (χ3n) is 4.55. The van der Waals surface area contributed by atoms with Crippen LogP contribution in [0.1, 0.15) is 47.1 Å². The van der Waals surface area contributed by atoms with Gasteiger partial charge >= 0.3 is 0 Å². The van der Waals surface area contributed by atoms with E-state index in [1.807, 2.05) is 73.3 Å². The van der Waals surface area contributed by atoms with Gasteiger partial charge in [-0.15, -0.1) is 0 Å². The van der Waals surface area contributed by atoms with Crippen molar-refractivity contribution in [3.63, 3.8) is 0 Å². The highest BCUT2D eigenvalue weighted by Gasteiger charge is 2.27. The minimum atomic E-state index is -0.0293. The summed E-state index contributed by atoms with van der Waals surface area (Å²) in [4.78, 5) is 15.0. The lowest BCUT2D eigenvalue weighted by Crippen LogP contribution is -2.27. The zero-order valence-electron chi connectivity index (χ0n) is 16.1. The van der Waals surface area contributed by atoms with E-state index >= 15 is 0 Å². The number of carbonyl (C=O) groups is 1. The van der Waals surface area contributed by atoms with E-state index in [1.54, 1.807) is 4.90 Å². The quantitative estimate of drug-likeness (QED) is 0.606. The average molecular weight is 382 g/mol. The first-order valence-electron chi connectivity index (χ1n) is 9.04. The standard InChI is InChI=1S/C22H24ClN3O/c1-15(2)21-20(22(27)25(4)14-17-10-6-5-7-11-17)16(3)24-26(21)19-13-9-8-12-18(19)23/h5-13,15H,14H2,1-4H3. The summed E-state index contributed by atoms with van der Waals surface area (Å²) in [6.07, 6.45) is 0. The first-order valence-corrected chi connectivity index (χ1v) is 9.41. The summed E-state index contributed by atoms with van der Waals surface area (Å²) >= 11 is 6.39. The summed E-state index contributed by atoms with van der Waals surface area (Å²) in [6, 6.07) is 17.5. The number of rotatable bonds is 5. The van der Waals surface area contributed by atoms with Crippen LogP contribution in [0.3, 0.4) is 0 Å². The van der Waals surface area contributed by atoms with Crippen LogP contribution in [0.2, 0.25) is 5.02 Å². The molecule has 140 valence electrons. The highest BCUT2D eigenvalue weighted by molar-refractivity contribution is 6.32. The SMILES string of the molecule is Cc1nn(-c2ccccc2Cl)c(C(C)C)c1C(=O)N(C)Cc1ccccc1. The molecule has 0 aliphatic heterocycles. The molecule has 0 aliphatic carbocycles. The fraction of sp³-hybridized carbons (Fsp3) is 0.273. The predicted molar refractivity (Wildman–Crippen MR) is 110 cm³/mol. The Kier molecular flexibility index (Phi) is 5.66. The minimum absolute atomic E-state index is 0.0293. The fourth-order valence-electron chi connectivity index (χ4n) is 3.27. The zero-order valence-corrected chi connectivity index (χ0v) is 16.9. The number of aryl methyl sites for hydroxylation is 1. The maximum absolute atomic E-state index is 13.3. The lowest BCUT2D eigenvalue weighted by atomic mass is 10.0. The van der Waals surface area contributed by atoms with Gasteiger partial charge in [0.1, 0.15) is 0 Å². The number of hydrogen-bond acceptors (Lipinski definition) is 2. The molecule has 3 rings (SSSR count). The maximum atomic E-state index is 13.3. The predicted octanol–water partition coefficient (Wildman–Crippen LogP) is 5.23. The van der Waals surface area contributed by atoms with Crippen LogP contribution >= 0.6 is 11.6 Å². The molecule has 0 fully saturated rings. The summed E-state index contributed by atoms with van der Waals surface area (Å²) in [5.74, 6) is 0.0879. The van der Waals surface area contributed by atoms with Gasteiger partial charge in [-0.2, -0.15) is 5.10 Å². The van der Waals surface area contributed by atoms with Crippen molar-refractivity contribution < 1.29 is 4.79 Å². The van der Waals surface area contributed by atoms with Crippen molar-refractivity contribution in [2.24, 2.45) is 0 Å². The molecule has 0 atom stereocenters. The molecule has 0 saturated carbocycles. The lowest BCUT2D eigenvalue weighted by molar-refractivity contribution is 0.0783. The first-order chi connectivity index (χ1) is 12.9. The van der Waals surface area contributed by atoms with E-state index in [4.69, 9.17) is 11.6 Å². The molecule has 0 bridgehead atoms. The van der Waals surface area contributed by atoms with Gasteiger partial charge in [0.25, 0.3) is 5.91 Å². The second-order valence-corrected chi connectivity index (χ2v) is 7.42. The van der Waals surface area contributed by atoms with Gasteiger partial charge in [-0.25, -0.2) is 4.68 Å². The van der Waals surface area contributed by atoms with E-state index in [2.05, 4.69) is 18.9 Å². The number of para-hydroxylation sites is 1. The molecule has 1 amide bonds. The number of hydrogen-bond donors (Lipinski definition) is 0. The van der Waals surface area contributed by atoms with Crippen LogP contribution in [0.25, 0.3) is 5.69 Å². The van der Waals surface area contributed by atoms with Crippen LogP contribution < -0.4 is 0 Å². The molecule has 0 spiro atoms. The Morgan fingerprint density at radius 1 is 1.11 bits per heavy atom. The summed E-state index contributed by atoms with van der Waals surface area (Å²) < 4.78 is 1.81. The Bertz CT molecular complexity index is 947. The monoisotopic (exact) mass is 381 g/mol. The third-order valence-corrected chi connectivity index (χ3v) is 4.87. The van der Waals surface area contributed by atoms with Crippen LogP contribution in [0.5, 0.6) is 0 Å². The van der Waals surface area contributed by atoms with Gasteiger partial charge < -0.3 is 4.90 Å². The first kappa shape index (κ1) is 19.2. The number of nitrogens with zero attached hydrogens (tertiary/aromatic N) is 3. The van der Waals surface area contributed by atoms with Crippen molar-refractivity contribution in [3.8, 4) is 5.69 Å². The van der Waals surface area contributed by atoms with E-state index < -0.39 is 0 Å². The van der Waals surface area contributed by atoms with Gasteiger partial charge in [0.05, 0.1) is 27.7 Å². The molecule has 0 unspecified atom stereocenters. The van der Waals surface area contributed by atoms with Crippen LogP contribution in [0, 0.1) is 6.92 Å². The van der Waals surface area contributed by atoms with Gasteiger partial charge in [0.15, 0.2) is 0 Å². The van der Waals surface area contributed by atoms with Crippen molar-refractivity contribution in [2.45, 2.75) is 33.2 Å². The van der Waals surface area contributed by atoms with E-state index in [0.717, 1.165) is 16.9 Å². The number of halogens is 1. The summed E-state index contributed by atoms with van der Waals surface area (Å²) in [7, 11) is 1.83. The molecule has 0 radical (unpaired) electrons. The molecule has 2 aromatic carbocycles. The van der Waals surface area contributed by atoms with Crippen molar-refractivity contribution in [2.75, 3.05) is 7.05 Å². The third kappa shape index (κ3) is 3.91. The van der Waals surface area contributed by atoms with Gasteiger partial charge in [-0.1, -0.05) is 67.9 Å². The van der Waals surface area contributed by atoms with Crippen LogP contribution in [-0.4, -0.2) is 27.6 Å². The topological polar surface area (TPSA) is 38.1 Å². The molecule has 0 saturated heterocycles. The molecule has 4 nitrogen and oxygen atoms in total. The van der Waals surface area contributed by atoms with Crippen LogP contribution in [-0.2, 0) is 6.54 Å². The molecule has 5 heteroatoms. The number of amides is 1. The second-order valence-electron chi connectivity index (χ2n) is 7.01. The Balaban J connectivity index is 2.02. The van der Waals surface area contributed by atoms with E-state index in [-0.39, 0.29) is 11.8 Å². The van der Waals surface area contributed by atoms with Crippen molar-refractivity contribution in [1.82, 2.24) is 14.7 Å². The molecular weight excluding hydrogens is 358 g/mol. The minimum Gasteiger partial charge on any atom is -0.337 e. The fourth-order valence-corrected chi connectivity index (χ4v) is 3.49. The van der Waals surface area contributed by atoms with Crippen LogP contribution in [0.4, 0.5) is 0 Å². The molecule has 27 heavy (non-hydrogen) atoms. The molecule has 0 aliphatic rings. The van der Waals surface area contributed by atoms with Gasteiger partial charge in [0, 0.05) is 13.6 Å². The Morgan fingerprint density at radius 2 is 1.74 bits per heavy atom. The Morgan fingerprint density at radius 3 is 2.37 bits per heavy atom. The van der Waals surface area contributed by atoms with Crippen molar-refractivity contribution in [1.29, 1.82) is 0 Å². The molecule has 3 aromatic rings. The summed E-state index contributed by atoms with van der Waals surface area (Å²) in [6.45, 7) is 6.56. The Labute approximate surface area is 165 Å². The number of benzene rings is 2. The van der Waals surface area contributed by atoms with Crippen molar-refractivity contribution in [3.05, 3.63) is 82.1 Å². The smallest absolute Gasteiger partial charge is 0.257 e. The maximum Gasteiger partial charge on any atom is 0.257 e. The molecule has 1 aromatic heterocycles. The number of carbonyl (C=O) groups excluding carboxylic acids is 1. The second kappa shape index (κ2) is 7.97. The molecular formula is C22H24ClN3O. The highest BCUT2D eigenvalue weighted by Crippen LogP contribution is 2.29. The summed E-state index contributed by atoms with van der Waals surface area (Å²) in [5.41, 5.74) is 4.13. The Hall–Kier alpha value is -2.59. The largest absolute Gasteiger partial charge is 0.337 e. The zero-order chi connectivity index (χ0) is 19.6. The molecule has 0 N–H and O–H groups in total. The molecule has 1 heterocycles. The van der Waals surface area contributed by atoms with Gasteiger partial charge in [0.2, 0.25) is 0 Å². The van der Waals surface area contributed by atoms with Gasteiger partial charge in [-0.05, 0) is 30.5 Å².